The fourth-order valence-electron chi connectivity index (χ4n) is 3.68. The molecular formula is C17H34N2O. The number of nitrogens with one attached hydrogen (secondary N) is 1. The molecule has 0 aromatic rings. The second kappa shape index (κ2) is 6.76. The molecule has 3 heteroatoms. The monoisotopic (exact) mass is 282 g/mol. The van der Waals surface area contributed by atoms with Gasteiger partial charge in [-0.2, -0.15) is 0 Å². The Labute approximate surface area is 125 Å². The van der Waals surface area contributed by atoms with Crippen LogP contribution in [-0.2, 0) is 4.74 Å². The topological polar surface area (TPSA) is 24.5 Å². The summed E-state index contributed by atoms with van der Waals surface area (Å²) in [6.45, 7) is 14.9. The summed E-state index contributed by atoms with van der Waals surface area (Å²) in [5.74, 6) is 0.759. The van der Waals surface area contributed by atoms with Gasteiger partial charge in [0, 0.05) is 31.7 Å². The number of piperazine rings is 1. The molecule has 3 nitrogen and oxygen atoms in total. The quantitative estimate of drug-likeness (QED) is 0.839. The average molecular weight is 282 g/mol. The van der Waals surface area contributed by atoms with Crippen LogP contribution in [0.4, 0.5) is 0 Å². The molecule has 118 valence electrons. The maximum atomic E-state index is 6.22. The van der Waals surface area contributed by atoms with E-state index in [0.717, 1.165) is 19.0 Å². The first-order chi connectivity index (χ1) is 9.45. The highest BCUT2D eigenvalue weighted by atomic mass is 16.5. The Morgan fingerprint density at radius 3 is 2.65 bits per heavy atom. The summed E-state index contributed by atoms with van der Waals surface area (Å²) in [5.41, 5.74) is 0.0920. The Hall–Kier alpha value is -0.120. The lowest BCUT2D eigenvalue weighted by atomic mass is 9.93. The van der Waals surface area contributed by atoms with E-state index in [1.54, 1.807) is 0 Å². The Morgan fingerprint density at radius 2 is 2.10 bits per heavy atom. The molecule has 0 radical (unpaired) electrons. The van der Waals surface area contributed by atoms with E-state index in [1.165, 1.54) is 32.2 Å². The second-order valence-electron chi connectivity index (χ2n) is 7.46. The van der Waals surface area contributed by atoms with Crippen molar-refractivity contribution in [2.45, 2.75) is 84.1 Å². The van der Waals surface area contributed by atoms with Gasteiger partial charge in [0.2, 0.25) is 0 Å². The second-order valence-corrected chi connectivity index (χ2v) is 7.46. The summed E-state index contributed by atoms with van der Waals surface area (Å²) < 4.78 is 6.22. The van der Waals surface area contributed by atoms with Crippen molar-refractivity contribution in [3.8, 4) is 0 Å². The molecule has 2 heterocycles. The smallest absolute Gasteiger partial charge is 0.0710 e. The minimum Gasteiger partial charge on any atom is -0.371 e. The number of nitrogens with zero attached hydrogens (tertiary/aromatic N) is 1. The summed E-state index contributed by atoms with van der Waals surface area (Å²) in [4.78, 5) is 2.71. The predicted molar refractivity (Wildman–Crippen MR) is 85.1 cm³/mol. The van der Waals surface area contributed by atoms with Gasteiger partial charge in [-0.3, -0.25) is 4.90 Å². The fraction of sp³-hybridized carbons (Fsp3) is 1.00. The van der Waals surface area contributed by atoms with Crippen LogP contribution >= 0.6 is 0 Å². The molecule has 0 saturated carbocycles. The largest absolute Gasteiger partial charge is 0.371 e. The number of hydrogen-bond acceptors (Lipinski definition) is 3. The third-order valence-corrected chi connectivity index (χ3v) is 5.33. The van der Waals surface area contributed by atoms with Crippen LogP contribution < -0.4 is 5.32 Å². The van der Waals surface area contributed by atoms with Crippen molar-refractivity contribution in [2.24, 2.45) is 5.92 Å². The van der Waals surface area contributed by atoms with Crippen molar-refractivity contribution in [2.75, 3.05) is 19.6 Å². The SMILES string of the molecule is CCC1CN(CC2CCC(C)(C)O2)C(C(C)CC)CN1. The van der Waals surface area contributed by atoms with E-state index in [0.29, 0.717) is 18.2 Å². The number of ether oxygens (including phenoxy) is 1. The first kappa shape index (κ1) is 16.3. The number of rotatable bonds is 5. The maximum absolute atomic E-state index is 6.22. The standard InChI is InChI=1S/C17H34N2O/c1-6-13(3)16-10-18-14(7-2)11-19(16)12-15-8-9-17(4,5)20-15/h13-16,18H,6-12H2,1-5H3. The van der Waals surface area contributed by atoms with Gasteiger partial charge in [0.15, 0.2) is 0 Å². The Bertz CT molecular complexity index is 305. The lowest BCUT2D eigenvalue weighted by molar-refractivity contribution is -0.0428. The Morgan fingerprint density at radius 1 is 1.35 bits per heavy atom. The first-order valence-corrected chi connectivity index (χ1v) is 8.60. The predicted octanol–water partition coefficient (Wildman–Crippen LogP) is 3.04. The highest BCUT2D eigenvalue weighted by molar-refractivity contribution is 4.91. The van der Waals surface area contributed by atoms with E-state index in [-0.39, 0.29) is 5.60 Å². The van der Waals surface area contributed by atoms with Crippen LogP contribution in [0.3, 0.4) is 0 Å². The van der Waals surface area contributed by atoms with Gasteiger partial charge < -0.3 is 10.1 Å². The van der Waals surface area contributed by atoms with Gasteiger partial charge in [0.05, 0.1) is 11.7 Å². The normalized spacial score (nSPS) is 36.1. The molecular weight excluding hydrogens is 248 g/mol. The summed E-state index contributed by atoms with van der Waals surface area (Å²) in [7, 11) is 0. The molecule has 2 rings (SSSR count). The van der Waals surface area contributed by atoms with Gasteiger partial charge in [-0.15, -0.1) is 0 Å². The van der Waals surface area contributed by atoms with Gasteiger partial charge in [-0.25, -0.2) is 0 Å². The summed E-state index contributed by atoms with van der Waals surface area (Å²) in [5, 5.41) is 3.72. The zero-order valence-corrected chi connectivity index (χ0v) is 14.1. The minimum absolute atomic E-state index is 0.0920. The molecule has 0 bridgehead atoms. The maximum Gasteiger partial charge on any atom is 0.0710 e. The van der Waals surface area contributed by atoms with Gasteiger partial charge in [0.1, 0.15) is 0 Å². The van der Waals surface area contributed by atoms with Crippen molar-refractivity contribution >= 4 is 0 Å². The van der Waals surface area contributed by atoms with Gasteiger partial charge >= 0.3 is 0 Å². The molecule has 20 heavy (non-hydrogen) atoms. The van der Waals surface area contributed by atoms with Crippen LogP contribution in [0.2, 0.25) is 0 Å². The lowest BCUT2D eigenvalue weighted by Crippen LogP contribution is -2.59. The van der Waals surface area contributed by atoms with Crippen molar-refractivity contribution in [3.63, 3.8) is 0 Å². The third kappa shape index (κ3) is 3.96. The van der Waals surface area contributed by atoms with E-state index in [2.05, 4.69) is 44.8 Å². The highest BCUT2D eigenvalue weighted by Crippen LogP contribution is 2.31. The van der Waals surface area contributed by atoms with E-state index < -0.39 is 0 Å². The van der Waals surface area contributed by atoms with E-state index in [4.69, 9.17) is 4.74 Å². The molecule has 2 saturated heterocycles. The fourth-order valence-corrected chi connectivity index (χ4v) is 3.68. The molecule has 1 N–H and O–H groups in total. The molecule has 2 aliphatic rings. The van der Waals surface area contributed by atoms with Crippen molar-refractivity contribution in [1.82, 2.24) is 10.2 Å². The van der Waals surface area contributed by atoms with Gasteiger partial charge in [-0.05, 0) is 39.0 Å². The molecule has 0 amide bonds. The molecule has 4 unspecified atom stereocenters. The highest BCUT2D eigenvalue weighted by Gasteiger charge is 2.36. The van der Waals surface area contributed by atoms with Crippen molar-refractivity contribution < 1.29 is 4.74 Å². The van der Waals surface area contributed by atoms with E-state index in [1.807, 2.05) is 0 Å². The molecule has 0 aliphatic carbocycles. The Balaban J connectivity index is 1.96. The molecule has 0 aromatic carbocycles. The molecule has 2 fully saturated rings. The molecule has 2 aliphatic heterocycles. The van der Waals surface area contributed by atoms with Crippen molar-refractivity contribution in [1.29, 1.82) is 0 Å². The zero-order valence-electron chi connectivity index (χ0n) is 14.1. The van der Waals surface area contributed by atoms with Crippen molar-refractivity contribution in [3.05, 3.63) is 0 Å². The Kier molecular flexibility index (Phi) is 5.49. The summed E-state index contributed by atoms with van der Waals surface area (Å²) >= 11 is 0. The van der Waals surface area contributed by atoms with Crippen LogP contribution in [0.5, 0.6) is 0 Å². The first-order valence-electron chi connectivity index (χ1n) is 8.60. The third-order valence-electron chi connectivity index (χ3n) is 5.33. The average Bonchev–Trinajstić information content (AvgIpc) is 2.77. The van der Waals surface area contributed by atoms with Gasteiger partial charge in [-0.1, -0.05) is 27.2 Å². The minimum atomic E-state index is 0.0920. The molecule has 0 spiro atoms. The van der Waals surface area contributed by atoms with Crippen LogP contribution in [-0.4, -0.2) is 48.3 Å². The van der Waals surface area contributed by atoms with Crippen LogP contribution in [0.1, 0.15) is 60.3 Å². The zero-order chi connectivity index (χ0) is 14.8. The van der Waals surface area contributed by atoms with Crippen LogP contribution in [0, 0.1) is 5.92 Å². The van der Waals surface area contributed by atoms with Gasteiger partial charge in [0.25, 0.3) is 0 Å². The molecule has 4 atom stereocenters. The summed E-state index contributed by atoms with van der Waals surface area (Å²) in [6.07, 6.45) is 5.35. The van der Waals surface area contributed by atoms with E-state index in [9.17, 15) is 0 Å². The molecule has 0 aromatic heterocycles. The summed E-state index contributed by atoms with van der Waals surface area (Å²) in [6, 6.07) is 1.33. The van der Waals surface area contributed by atoms with E-state index >= 15 is 0 Å². The van der Waals surface area contributed by atoms with Crippen LogP contribution in [0.25, 0.3) is 0 Å². The number of hydrogen-bond donors (Lipinski definition) is 1. The van der Waals surface area contributed by atoms with Crippen LogP contribution in [0.15, 0.2) is 0 Å². The lowest BCUT2D eigenvalue weighted by Gasteiger charge is -2.44.